The summed E-state index contributed by atoms with van der Waals surface area (Å²) in [5.41, 5.74) is 1.70. The number of carbonyl (C=O) groups is 1. The zero-order valence-electron chi connectivity index (χ0n) is 18.5. The van der Waals surface area contributed by atoms with Crippen molar-refractivity contribution < 1.29 is 19.4 Å². The Morgan fingerprint density at radius 2 is 1.94 bits per heavy atom. The van der Waals surface area contributed by atoms with Gasteiger partial charge in [0.2, 0.25) is 5.91 Å². The maximum atomic E-state index is 12.7. The number of amides is 1. The number of piperazine rings is 1. The van der Waals surface area contributed by atoms with Gasteiger partial charge in [-0.15, -0.1) is 0 Å². The highest BCUT2D eigenvalue weighted by Gasteiger charge is 2.25. The molecule has 1 amide bonds. The number of H-pyrrole nitrogens is 1. The third-order valence-corrected chi connectivity index (χ3v) is 6.05. The fourth-order valence-corrected chi connectivity index (χ4v) is 4.27. The Kier molecular flexibility index (Phi) is 5.72. The van der Waals surface area contributed by atoms with E-state index >= 15 is 0 Å². The molecule has 3 aliphatic heterocycles. The number of fused-ring (bicyclic) bond motifs is 7. The number of nitrogens with one attached hydrogen (secondary N) is 1. The lowest BCUT2D eigenvalue weighted by Crippen LogP contribution is -2.49. The van der Waals surface area contributed by atoms with Crippen molar-refractivity contribution in [3.8, 4) is 17.4 Å². The van der Waals surface area contributed by atoms with Crippen molar-refractivity contribution in [2.24, 2.45) is 4.99 Å². The van der Waals surface area contributed by atoms with E-state index in [0.29, 0.717) is 78.8 Å². The quantitative estimate of drug-likeness (QED) is 0.585. The van der Waals surface area contributed by atoms with Crippen LogP contribution in [-0.2, 0) is 4.79 Å². The normalized spacial score (nSPS) is 17.1. The zero-order valence-corrected chi connectivity index (χ0v) is 18.5. The van der Waals surface area contributed by atoms with Gasteiger partial charge in [0.25, 0.3) is 0 Å². The Bertz CT molecular complexity index is 1200. The summed E-state index contributed by atoms with van der Waals surface area (Å²) in [4.78, 5) is 33.0. The Morgan fingerprint density at radius 3 is 2.76 bits per heavy atom. The van der Waals surface area contributed by atoms with Crippen molar-refractivity contribution in [3.05, 3.63) is 30.1 Å². The third-order valence-electron chi connectivity index (χ3n) is 6.05. The molecule has 10 nitrogen and oxygen atoms in total. The van der Waals surface area contributed by atoms with E-state index in [1.807, 2.05) is 11.0 Å². The van der Waals surface area contributed by atoms with Gasteiger partial charge in [0, 0.05) is 44.9 Å². The molecule has 0 spiro atoms. The standard InChI is InChI=1S/C23H26N6O4/c1-32-17-6-5-15-12-18(17)33-11-3-2-4-19(30)28-7-9-29(10-8-28)22-20-16(13-24-15)23(31)27-21(20)25-14-26-22/h5-6,12-14,31H,2-4,7-11H2,1H3,(H,25,26,27). The van der Waals surface area contributed by atoms with Crippen LogP contribution < -0.4 is 14.4 Å². The van der Waals surface area contributed by atoms with Crippen LogP contribution in [0.1, 0.15) is 24.8 Å². The van der Waals surface area contributed by atoms with E-state index in [9.17, 15) is 9.90 Å². The number of anilines is 1. The van der Waals surface area contributed by atoms with E-state index in [2.05, 4.69) is 24.8 Å². The van der Waals surface area contributed by atoms with E-state index in [4.69, 9.17) is 9.47 Å². The average Bonchev–Trinajstić information content (AvgIpc) is 3.17. The molecule has 0 atom stereocenters. The second-order valence-electron chi connectivity index (χ2n) is 8.07. The number of rotatable bonds is 1. The highest BCUT2D eigenvalue weighted by atomic mass is 16.5. The topological polar surface area (TPSA) is 116 Å². The highest BCUT2D eigenvalue weighted by Crippen LogP contribution is 2.34. The van der Waals surface area contributed by atoms with Crippen LogP contribution >= 0.6 is 0 Å². The van der Waals surface area contributed by atoms with Crippen LogP contribution in [0.15, 0.2) is 29.5 Å². The van der Waals surface area contributed by atoms with Gasteiger partial charge in [0.05, 0.1) is 30.4 Å². The minimum Gasteiger partial charge on any atom is -0.494 e. The number of nitrogens with zero attached hydrogens (tertiary/aromatic N) is 5. The van der Waals surface area contributed by atoms with Gasteiger partial charge in [0.1, 0.15) is 17.8 Å². The highest BCUT2D eigenvalue weighted by molar-refractivity contribution is 6.06. The summed E-state index contributed by atoms with van der Waals surface area (Å²) in [5.74, 6) is 2.05. The van der Waals surface area contributed by atoms with E-state index < -0.39 is 0 Å². The first kappa shape index (κ1) is 21.0. The molecule has 0 unspecified atom stereocenters. The fourth-order valence-electron chi connectivity index (χ4n) is 4.27. The van der Waals surface area contributed by atoms with Crippen molar-refractivity contribution in [3.63, 3.8) is 0 Å². The summed E-state index contributed by atoms with van der Waals surface area (Å²) in [7, 11) is 1.59. The van der Waals surface area contributed by atoms with Crippen LogP contribution in [0.4, 0.5) is 11.5 Å². The van der Waals surface area contributed by atoms with E-state index in [0.717, 1.165) is 12.8 Å². The molecule has 3 aliphatic rings. The molecule has 0 aliphatic carbocycles. The molecule has 0 saturated carbocycles. The molecule has 1 fully saturated rings. The number of ether oxygens (including phenoxy) is 2. The number of aromatic amines is 1. The maximum absolute atomic E-state index is 12.7. The van der Waals surface area contributed by atoms with Crippen LogP contribution in [0.5, 0.6) is 17.4 Å². The van der Waals surface area contributed by atoms with Gasteiger partial charge in [-0.25, -0.2) is 9.97 Å². The molecule has 172 valence electrons. The molecule has 2 aromatic heterocycles. The molecule has 2 N–H and O–H groups in total. The molecule has 1 aromatic carbocycles. The summed E-state index contributed by atoms with van der Waals surface area (Å²) < 4.78 is 11.3. The summed E-state index contributed by atoms with van der Waals surface area (Å²) in [5, 5.41) is 11.3. The smallest absolute Gasteiger partial charge is 0.222 e. The third kappa shape index (κ3) is 4.15. The zero-order chi connectivity index (χ0) is 22.8. The van der Waals surface area contributed by atoms with Gasteiger partial charge in [-0.2, -0.15) is 0 Å². The Labute approximate surface area is 190 Å². The average molecular weight is 450 g/mol. The lowest BCUT2D eigenvalue weighted by molar-refractivity contribution is -0.131. The first-order chi connectivity index (χ1) is 16.1. The molecule has 4 bridgehead atoms. The van der Waals surface area contributed by atoms with E-state index in [1.54, 1.807) is 25.5 Å². The summed E-state index contributed by atoms with van der Waals surface area (Å²) in [6.07, 6.45) is 5.11. The number of carbonyl (C=O) groups excluding carboxylic acids is 1. The number of benzene rings is 1. The fraction of sp³-hybridized carbons (Fsp3) is 0.391. The number of hydrogen-bond acceptors (Lipinski definition) is 8. The van der Waals surface area contributed by atoms with Crippen LogP contribution in [0.3, 0.4) is 0 Å². The van der Waals surface area contributed by atoms with Crippen molar-refractivity contribution in [2.75, 3.05) is 44.8 Å². The van der Waals surface area contributed by atoms with Crippen LogP contribution in [-0.4, -0.2) is 77.0 Å². The molecule has 1 saturated heterocycles. The molecular weight excluding hydrogens is 424 g/mol. The Hall–Kier alpha value is -3.82. The van der Waals surface area contributed by atoms with Gasteiger partial charge < -0.3 is 29.4 Å². The molecular formula is C23H26N6O4. The Balaban J connectivity index is 1.57. The van der Waals surface area contributed by atoms with Gasteiger partial charge >= 0.3 is 0 Å². The lowest BCUT2D eigenvalue weighted by Gasteiger charge is -2.35. The van der Waals surface area contributed by atoms with Crippen molar-refractivity contribution >= 4 is 34.7 Å². The van der Waals surface area contributed by atoms with Crippen molar-refractivity contribution in [1.82, 2.24) is 19.9 Å². The second-order valence-corrected chi connectivity index (χ2v) is 8.07. The van der Waals surface area contributed by atoms with Crippen molar-refractivity contribution in [2.45, 2.75) is 19.3 Å². The molecule has 6 rings (SSSR count). The van der Waals surface area contributed by atoms with Crippen LogP contribution in [0, 0.1) is 0 Å². The van der Waals surface area contributed by atoms with Crippen LogP contribution in [0.25, 0.3) is 11.0 Å². The monoisotopic (exact) mass is 450 g/mol. The molecule has 10 heteroatoms. The minimum atomic E-state index is -0.0243. The number of aromatic nitrogens is 3. The summed E-state index contributed by atoms with van der Waals surface area (Å²) >= 11 is 0. The number of methoxy groups -OCH3 is 1. The SMILES string of the molecule is COc1ccc2cc1OCCCCC(=O)N1CCN(CC1)c1ncnc3[nH]c(O)c(c13)C=N2. The van der Waals surface area contributed by atoms with Gasteiger partial charge in [0.15, 0.2) is 17.4 Å². The minimum absolute atomic E-state index is 0.0243. The second kappa shape index (κ2) is 8.97. The number of aliphatic imine (C=N–C) groups is 1. The predicted octanol–water partition coefficient (Wildman–Crippen LogP) is 2.63. The van der Waals surface area contributed by atoms with Gasteiger partial charge in [-0.1, -0.05) is 0 Å². The predicted molar refractivity (Wildman–Crippen MR) is 124 cm³/mol. The Morgan fingerprint density at radius 1 is 1.12 bits per heavy atom. The van der Waals surface area contributed by atoms with E-state index in [-0.39, 0.29) is 11.8 Å². The molecule has 33 heavy (non-hydrogen) atoms. The molecule has 5 heterocycles. The number of hydrogen-bond donors (Lipinski definition) is 2. The maximum Gasteiger partial charge on any atom is 0.222 e. The summed E-state index contributed by atoms with van der Waals surface area (Å²) in [6.45, 7) is 3.05. The largest absolute Gasteiger partial charge is 0.494 e. The first-order valence-electron chi connectivity index (χ1n) is 11.1. The first-order valence-corrected chi connectivity index (χ1v) is 11.1. The summed E-state index contributed by atoms with van der Waals surface area (Å²) in [6, 6.07) is 5.41. The van der Waals surface area contributed by atoms with Gasteiger partial charge in [-0.05, 0) is 25.0 Å². The lowest BCUT2D eigenvalue weighted by atomic mass is 10.2. The van der Waals surface area contributed by atoms with Crippen molar-refractivity contribution in [1.29, 1.82) is 0 Å². The van der Waals surface area contributed by atoms with E-state index in [1.165, 1.54) is 6.33 Å². The molecule has 3 aromatic rings. The van der Waals surface area contributed by atoms with Gasteiger partial charge in [-0.3, -0.25) is 9.79 Å². The molecule has 0 radical (unpaired) electrons. The number of aromatic hydroxyl groups is 1. The van der Waals surface area contributed by atoms with Crippen LogP contribution in [0.2, 0.25) is 0 Å².